The number of nitrogens with one attached hydrogen (secondary N) is 2. The molecule has 1 aliphatic heterocycles. The largest absolute Gasteiger partial charge is 0.465 e. The first-order chi connectivity index (χ1) is 11.0. The number of hydrogen-bond donors (Lipinski definition) is 2. The number of benzene rings is 1. The van der Waals surface area contributed by atoms with Gasteiger partial charge in [-0.3, -0.25) is 14.4 Å². The molecule has 0 bridgehead atoms. The summed E-state index contributed by atoms with van der Waals surface area (Å²) in [6.07, 6.45) is 1.02. The maximum Gasteiger partial charge on any atom is 0.302 e. The average Bonchev–Trinajstić information content (AvgIpc) is 2.54. The summed E-state index contributed by atoms with van der Waals surface area (Å²) in [5.74, 6) is -1.15. The fourth-order valence-electron chi connectivity index (χ4n) is 2.01. The molecule has 122 valence electrons. The molecule has 1 aliphatic rings. The molecule has 0 radical (unpaired) electrons. The lowest BCUT2D eigenvalue weighted by molar-refractivity contribution is -0.143. The van der Waals surface area contributed by atoms with Crippen molar-refractivity contribution < 1.29 is 19.1 Å². The van der Waals surface area contributed by atoms with Crippen LogP contribution >= 0.6 is 0 Å². The molecular formula is C16H19N3O4. The highest BCUT2D eigenvalue weighted by Crippen LogP contribution is 2.15. The van der Waals surface area contributed by atoms with Gasteiger partial charge in [-0.05, 0) is 17.7 Å². The van der Waals surface area contributed by atoms with Crippen molar-refractivity contribution in [1.29, 1.82) is 0 Å². The molecule has 2 amide bonds. The van der Waals surface area contributed by atoms with Gasteiger partial charge in [0.1, 0.15) is 6.61 Å². The summed E-state index contributed by atoms with van der Waals surface area (Å²) in [6.45, 7) is 3.04. The highest BCUT2D eigenvalue weighted by atomic mass is 16.5. The Labute approximate surface area is 134 Å². The van der Waals surface area contributed by atoms with E-state index >= 15 is 0 Å². The molecule has 2 rings (SSSR count). The van der Waals surface area contributed by atoms with Gasteiger partial charge in [-0.15, -0.1) is 0 Å². The predicted octanol–water partition coefficient (Wildman–Crippen LogP) is 1.44. The number of carbonyl (C=O) groups excluding carboxylic acids is 3. The van der Waals surface area contributed by atoms with Gasteiger partial charge in [0.15, 0.2) is 0 Å². The second-order valence-corrected chi connectivity index (χ2v) is 5.36. The van der Waals surface area contributed by atoms with Gasteiger partial charge in [-0.1, -0.05) is 19.1 Å². The molecule has 0 saturated heterocycles. The number of rotatable bonds is 5. The van der Waals surface area contributed by atoms with Crippen molar-refractivity contribution in [3.8, 4) is 0 Å². The quantitative estimate of drug-likeness (QED) is 0.803. The molecule has 1 atom stereocenters. The van der Waals surface area contributed by atoms with Crippen LogP contribution in [0.3, 0.4) is 0 Å². The Bertz CT molecular complexity index is 637. The topological polar surface area (TPSA) is 96.9 Å². The Morgan fingerprint density at radius 3 is 2.57 bits per heavy atom. The summed E-state index contributed by atoms with van der Waals surface area (Å²) in [4.78, 5) is 33.8. The van der Waals surface area contributed by atoms with Gasteiger partial charge in [0.25, 0.3) is 0 Å². The van der Waals surface area contributed by atoms with E-state index in [1.165, 1.54) is 6.92 Å². The second-order valence-electron chi connectivity index (χ2n) is 5.36. The van der Waals surface area contributed by atoms with Crippen LogP contribution in [0.15, 0.2) is 29.4 Å². The second kappa shape index (κ2) is 7.53. The van der Waals surface area contributed by atoms with Crippen molar-refractivity contribution in [1.82, 2.24) is 5.43 Å². The highest BCUT2D eigenvalue weighted by molar-refractivity contribution is 6.04. The minimum atomic E-state index is -0.434. The lowest BCUT2D eigenvalue weighted by Gasteiger charge is -2.14. The summed E-state index contributed by atoms with van der Waals surface area (Å²) >= 11 is 0. The van der Waals surface area contributed by atoms with Crippen molar-refractivity contribution in [2.45, 2.75) is 26.7 Å². The van der Waals surface area contributed by atoms with E-state index in [9.17, 15) is 14.4 Å². The summed E-state index contributed by atoms with van der Waals surface area (Å²) in [5.41, 5.74) is 4.81. The standard InChI is InChI=1S/C16H19N3O4/c1-10(9-23-11(2)20)16(22)17-13-5-3-12(4-6-13)14-7-8-15(21)19-18-14/h3-6,10H,7-9H2,1-2H3,(H,17,22)(H,19,21). The van der Waals surface area contributed by atoms with Crippen molar-refractivity contribution >= 4 is 29.2 Å². The number of amides is 2. The smallest absolute Gasteiger partial charge is 0.302 e. The van der Waals surface area contributed by atoms with Crippen LogP contribution in [-0.2, 0) is 19.1 Å². The van der Waals surface area contributed by atoms with E-state index in [1.54, 1.807) is 19.1 Å². The molecule has 0 aliphatic carbocycles. The fraction of sp³-hybridized carbons (Fsp3) is 0.375. The van der Waals surface area contributed by atoms with Gasteiger partial charge in [0.05, 0.1) is 11.6 Å². The highest BCUT2D eigenvalue weighted by Gasteiger charge is 2.16. The third-order valence-corrected chi connectivity index (χ3v) is 3.37. The SMILES string of the molecule is CC(=O)OCC(C)C(=O)Nc1ccc(C2=NNC(=O)CC2)cc1. The molecule has 1 heterocycles. The van der Waals surface area contributed by atoms with Crippen LogP contribution in [0.25, 0.3) is 0 Å². The van der Waals surface area contributed by atoms with Crippen LogP contribution in [0, 0.1) is 5.92 Å². The number of hydrazone groups is 1. The van der Waals surface area contributed by atoms with E-state index in [0.717, 1.165) is 11.3 Å². The van der Waals surface area contributed by atoms with Crippen molar-refractivity contribution in [3.05, 3.63) is 29.8 Å². The third kappa shape index (κ3) is 4.91. The first kappa shape index (κ1) is 16.7. The summed E-state index contributed by atoms with van der Waals surface area (Å²) in [5, 5.41) is 6.78. The predicted molar refractivity (Wildman–Crippen MR) is 84.8 cm³/mol. The Hall–Kier alpha value is -2.70. The van der Waals surface area contributed by atoms with Crippen molar-refractivity contribution in [3.63, 3.8) is 0 Å². The van der Waals surface area contributed by atoms with Gasteiger partial charge < -0.3 is 10.1 Å². The molecule has 0 spiro atoms. The zero-order valence-electron chi connectivity index (χ0n) is 13.1. The number of esters is 1. The van der Waals surface area contributed by atoms with Crippen LogP contribution in [0.1, 0.15) is 32.3 Å². The van der Waals surface area contributed by atoms with Crippen LogP contribution in [0.2, 0.25) is 0 Å². The monoisotopic (exact) mass is 317 g/mol. The average molecular weight is 317 g/mol. The van der Waals surface area contributed by atoms with Crippen LogP contribution < -0.4 is 10.7 Å². The molecule has 0 saturated carbocycles. The molecule has 7 nitrogen and oxygen atoms in total. The van der Waals surface area contributed by atoms with E-state index in [2.05, 4.69) is 15.8 Å². The van der Waals surface area contributed by atoms with Gasteiger partial charge >= 0.3 is 5.97 Å². The van der Waals surface area contributed by atoms with E-state index < -0.39 is 11.9 Å². The number of ether oxygens (including phenoxy) is 1. The minimum Gasteiger partial charge on any atom is -0.465 e. The minimum absolute atomic E-state index is 0.0513. The van der Waals surface area contributed by atoms with Crippen LogP contribution in [-0.4, -0.2) is 30.1 Å². The molecule has 1 aromatic rings. The van der Waals surface area contributed by atoms with Crippen molar-refractivity contribution in [2.75, 3.05) is 11.9 Å². The van der Waals surface area contributed by atoms with E-state index in [1.807, 2.05) is 12.1 Å². The molecule has 1 aromatic carbocycles. The molecule has 7 heteroatoms. The summed E-state index contributed by atoms with van der Waals surface area (Å²) < 4.78 is 4.82. The summed E-state index contributed by atoms with van der Waals surface area (Å²) in [7, 11) is 0. The molecule has 2 N–H and O–H groups in total. The van der Waals surface area contributed by atoms with Gasteiger partial charge in [0, 0.05) is 25.5 Å². The molecular weight excluding hydrogens is 298 g/mol. The van der Waals surface area contributed by atoms with E-state index in [4.69, 9.17) is 4.74 Å². The van der Waals surface area contributed by atoms with Gasteiger partial charge in [-0.2, -0.15) is 5.10 Å². The molecule has 23 heavy (non-hydrogen) atoms. The van der Waals surface area contributed by atoms with E-state index in [-0.39, 0.29) is 18.4 Å². The first-order valence-electron chi connectivity index (χ1n) is 7.36. The normalized spacial score (nSPS) is 15.2. The lowest BCUT2D eigenvalue weighted by atomic mass is 10.0. The molecule has 0 aromatic heterocycles. The lowest BCUT2D eigenvalue weighted by Crippen LogP contribution is -2.26. The fourth-order valence-corrected chi connectivity index (χ4v) is 2.01. The third-order valence-electron chi connectivity index (χ3n) is 3.37. The summed E-state index contributed by atoms with van der Waals surface area (Å²) in [6, 6.07) is 7.21. The number of anilines is 1. The molecule has 0 fully saturated rings. The number of nitrogens with zero attached hydrogens (tertiary/aromatic N) is 1. The Kier molecular flexibility index (Phi) is 5.46. The van der Waals surface area contributed by atoms with Crippen LogP contribution in [0.5, 0.6) is 0 Å². The Morgan fingerprint density at radius 1 is 1.30 bits per heavy atom. The Balaban J connectivity index is 1.93. The number of carbonyl (C=O) groups is 3. The maximum absolute atomic E-state index is 12.0. The zero-order chi connectivity index (χ0) is 16.8. The maximum atomic E-state index is 12.0. The van der Waals surface area contributed by atoms with Crippen LogP contribution in [0.4, 0.5) is 5.69 Å². The number of hydrogen-bond acceptors (Lipinski definition) is 5. The molecule has 1 unspecified atom stereocenters. The Morgan fingerprint density at radius 2 is 2.00 bits per heavy atom. The zero-order valence-corrected chi connectivity index (χ0v) is 13.1. The first-order valence-corrected chi connectivity index (χ1v) is 7.36. The van der Waals surface area contributed by atoms with Gasteiger partial charge in [-0.25, -0.2) is 5.43 Å². The van der Waals surface area contributed by atoms with Crippen molar-refractivity contribution in [2.24, 2.45) is 11.0 Å². The van der Waals surface area contributed by atoms with E-state index in [0.29, 0.717) is 18.5 Å². The van der Waals surface area contributed by atoms with Gasteiger partial charge in [0.2, 0.25) is 11.8 Å².